The molecular formula is C24H25FN4O2. The Hall–Kier alpha value is -3.32. The number of halogens is 1. The van der Waals surface area contributed by atoms with E-state index < -0.39 is 11.9 Å². The summed E-state index contributed by atoms with van der Waals surface area (Å²) in [5.41, 5.74) is 2.57. The molecule has 0 fully saturated rings. The van der Waals surface area contributed by atoms with Crippen LogP contribution in [0.4, 0.5) is 4.39 Å². The van der Waals surface area contributed by atoms with Crippen molar-refractivity contribution in [3.8, 4) is 17.1 Å². The summed E-state index contributed by atoms with van der Waals surface area (Å²) < 4.78 is 18.2. The first-order valence-corrected chi connectivity index (χ1v) is 10.2. The Morgan fingerprint density at radius 2 is 1.81 bits per heavy atom. The van der Waals surface area contributed by atoms with Gasteiger partial charge in [0, 0.05) is 13.2 Å². The molecule has 0 radical (unpaired) electrons. The molecule has 2 aromatic heterocycles. The number of pyridine rings is 1. The molecule has 0 bridgehead atoms. The first kappa shape index (κ1) is 20.9. The highest BCUT2D eigenvalue weighted by Crippen LogP contribution is 2.31. The van der Waals surface area contributed by atoms with Gasteiger partial charge in [-0.3, -0.25) is 14.0 Å². The first-order valence-electron chi connectivity index (χ1n) is 10.2. The molecule has 0 aliphatic carbocycles. The van der Waals surface area contributed by atoms with Crippen LogP contribution in [-0.4, -0.2) is 24.4 Å². The Morgan fingerprint density at radius 3 is 2.42 bits per heavy atom. The summed E-state index contributed by atoms with van der Waals surface area (Å²) in [6.07, 6.45) is 1.01. The molecule has 6 nitrogen and oxygen atoms in total. The lowest BCUT2D eigenvalue weighted by molar-refractivity contribution is 0.184. The molecule has 160 valence electrons. The summed E-state index contributed by atoms with van der Waals surface area (Å²) in [6.45, 7) is 7.59. The van der Waals surface area contributed by atoms with Crippen LogP contribution in [0.2, 0.25) is 0 Å². The van der Waals surface area contributed by atoms with E-state index in [0.717, 1.165) is 16.8 Å². The number of aliphatic hydroxyl groups is 1. The normalized spacial score (nSPS) is 12.6. The van der Waals surface area contributed by atoms with Crippen LogP contribution in [0.3, 0.4) is 0 Å². The summed E-state index contributed by atoms with van der Waals surface area (Å²) in [5, 5.41) is 15.1. The number of nitrogens with zero attached hydrogens (tertiary/aromatic N) is 4. The number of hydrogen-bond donors (Lipinski definition) is 1. The van der Waals surface area contributed by atoms with Crippen LogP contribution in [0.5, 0.6) is 0 Å². The van der Waals surface area contributed by atoms with Crippen molar-refractivity contribution in [2.75, 3.05) is 0 Å². The Morgan fingerprint density at radius 1 is 1.10 bits per heavy atom. The third kappa shape index (κ3) is 3.55. The van der Waals surface area contributed by atoms with Gasteiger partial charge in [-0.25, -0.2) is 9.37 Å². The molecule has 0 saturated heterocycles. The summed E-state index contributed by atoms with van der Waals surface area (Å²) in [5.74, 6) is 0.0371. The van der Waals surface area contributed by atoms with Crippen molar-refractivity contribution < 1.29 is 9.50 Å². The molecule has 0 aliphatic rings. The van der Waals surface area contributed by atoms with Crippen molar-refractivity contribution in [2.45, 2.75) is 39.7 Å². The average molecular weight is 420 g/mol. The van der Waals surface area contributed by atoms with Gasteiger partial charge in [0.05, 0.1) is 16.6 Å². The minimum absolute atomic E-state index is 0.0985. The highest BCUT2D eigenvalue weighted by atomic mass is 19.1. The molecule has 0 unspecified atom stereocenters. The van der Waals surface area contributed by atoms with Gasteiger partial charge in [0.25, 0.3) is 5.56 Å². The van der Waals surface area contributed by atoms with Crippen molar-refractivity contribution in [3.05, 3.63) is 75.7 Å². The van der Waals surface area contributed by atoms with Crippen LogP contribution in [0, 0.1) is 12.7 Å². The third-order valence-electron chi connectivity index (χ3n) is 5.54. The summed E-state index contributed by atoms with van der Waals surface area (Å²) in [4.78, 5) is 17.6. The van der Waals surface area contributed by atoms with Gasteiger partial charge in [-0.2, -0.15) is 5.10 Å². The monoisotopic (exact) mass is 420 g/mol. The van der Waals surface area contributed by atoms with E-state index in [2.05, 4.69) is 10.1 Å². The van der Waals surface area contributed by atoms with E-state index in [-0.39, 0.29) is 22.9 Å². The molecule has 4 aromatic rings. The Labute approximate surface area is 179 Å². The molecule has 0 amide bonds. The molecule has 0 aliphatic heterocycles. The maximum absolute atomic E-state index is 15.2. The molecule has 7 heteroatoms. The first-order chi connectivity index (χ1) is 14.7. The lowest BCUT2D eigenvalue weighted by Crippen LogP contribution is -2.20. The van der Waals surface area contributed by atoms with Gasteiger partial charge in [0.15, 0.2) is 11.6 Å². The zero-order valence-electron chi connectivity index (χ0n) is 18.2. The van der Waals surface area contributed by atoms with Gasteiger partial charge < -0.3 is 5.11 Å². The second-order valence-electron chi connectivity index (χ2n) is 8.17. The number of fused-ring (bicyclic) bond motifs is 1. The number of hydrogen-bond acceptors (Lipinski definition) is 4. The molecule has 2 heterocycles. The van der Waals surface area contributed by atoms with Gasteiger partial charge >= 0.3 is 0 Å². The van der Waals surface area contributed by atoms with Crippen LogP contribution >= 0.6 is 0 Å². The number of aromatic nitrogens is 4. The Balaban J connectivity index is 2.02. The number of aliphatic hydroxyl groups excluding tert-OH is 1. The van der Waals surface area contributed by atoms with E-state index in [1.54, 1.807) is 24.6 Å². The van der Waals surface area contributed by atoms with E-state index in [9.17, 15) is 9.90 Å². The van der Waals surface area contributed by atoms with E-state index in [4.69, 9.17) is 0 Å². The number of benzene rings is 2. The topological polar surface area (TPSA) is 72.9 Å². The lowest BCUT2D eigenvalue weighted by Gasteiger charge is -2.17. The fourth-order valence-electron chi connectivity index (χ4n) is 3.90. The number of rotatable bonds is 4. The zero-order chi connectivity index (χ0) is 22.4. The van der Waals surface area contributed by atoms with Crippen molar-refractivity contribution in [3.63, 3.8) is 0 Å². The smallest absolute Gasteiger partial charge is 0.263 e. The molecule has 2 aromatic carbocycles. The molecule has 1 atom stereocenters. The summed E-state index contributed by atoms with van der Waals surface area (Å²) in [6, 6.07) is 10.5. The fourth-order valence-corrected chi connectivity index (χ4v) is 3.90. The van der Waals surface area contributed by atoms with E-state index >= 15 is 4.39 Å². The predicted octanol–water partition coefficient (Wildman–Crippen LogP) is 4.41. The molecule has 31 heavy (non-hydrogen) atoms. The van der Waals surface area contributed by atoms with Crippen molar-refractivity contribution in [1.82, 2.24) is 19.3 Å². The summed E-state index contributed by atoms with van der Waals surface area (Å²) >= 11 is 0. The fraction of sp³-hybridized carbons (Fsp3) is 0.292. The minimum Gasteiger partial charge on any atom is -0.385 e. The SMILES string of the molecule is Cc1ccccc1-n1cc(C(C)C)c2cc(-c3nc([C@H](C)O)n(C)n3)c(F)cc2c1=O. The Bertz CT molecular complexity index is 1350. The zero-order valence-corrected chi connectivity index (χ0v) is 18.2. The maximum atomic E-state index is 15.2. The van der Waals surface area contributed by atoms with Crippen LogP contribution in [0.1, 0.15) is 49.7 Å². The molecule has 1 N–H and O–H groups in total. The molecule has 0 spiro atoms. The second-order valence-corrected chi connectivity index (χ2v) is 8.17. The van der Waals surface area contributed by atoms with Gasteiger partial charge in [-0.1, -0.05) is 32.0 Å². The summed E-state index contributed by atoms with van der Waals surface area (Å²) in [7, 11) is 1.65. The largest absolute Gasteiger partial charge is 0.385 e. The average Bonchev–Trinajstić information content (AvgIpc) is 3.10. The molecular weight excluding hydrogens is 395 g/mol. The van der Waals surface area contributed by atoms with E-state index in [1.807, 2.05) is 51.2 Å². The minimum atomic E-state index is -0.831. The van der Waals surface area contributed by atoms with Crippen LogP contribution < -0.4 is 5.56 Å². The van der Waals surface area contributed by atoms with Crippen molar-refractivity contribution in [2.24, 2.45) is 7.05 Å². The van der Waals surface area contributed by atoms with E-state index in [0.29, 0.717) is 16.6 Å². The molecule has 4 rings (SSSR count). The highest BCUT2D eigenvalue weighted by molar-refractivity contribution is 5.89. The van der Waals surface area contributed by atoms with Crippen LogP contribution in [-0.2, 0) is 7.05 Å². The standard InChI is InChI=1S/C24H25FN4O2/c1-13(2)19-12-29(21-9-7-6-8-14(21)3)24(31)17-11-20(25)18(10-16(17)19)22-26-23(15(4)30)28(5)27-22/h6-13,15,30H,1-5H3/t15-/m0/s1. The van der Waals surface area contributed by atoms with Gasteiger partial charge in [-0.05, 0) is 54.5 Å². The number of para-hydroxylation sites is 1. The van der Waals surface area contributed by atoms with Gasteiger partial charge in [0.2, 0.25) is 0 Å². The maximum Gasteiger partial charge on any atom is 0.263 e. The second kappa shape index (κ2) is 7.74. The van der Waals surface area contributed by atoms with Gasteiger partial charge in [-0.15, -0.1) is 0 Å². The quantitative estimate of drug-likeness (QED) is 0.531. The van der Waals surface area contributed by atoms with E-state index in [1.165, 1.54) is 10.7 Å². The third-order valence-corrected chi connectivity index (χ3v) is 5.54. The van der Waals surface area contributed by atoms with Gasteiger partial charge in [0.1, 0.15) is 11.9 Å². The van der Waals surface area contributed by atoms with Crippen molar-refractivity contribution >= 4 is 10.8 Å². The van der Waals surface area contributed by atoms with Crippen molar-refractivity contribution in [1.29, 1.82) is 0 Å². The number of aryl methyl sites for hydroxylation is 2. The highest BCUT2D eigenvalue weighted by Gasteiger charge is 2.20. The molecule has 0 saturated carbocycles. The van der Waals surface area contributed by atoms with Crippen LogP contribution in [0.15, 0.2) is 47.4 Å². The Kier molecular flexibility index (Phi) is 5.23. The lowest BCUT2D eigenvalue weighted by atomic mass is 9.96. The predicted molar refractivity (Wildman–Crippen MR) is 119 cm³/mol. The van der Waals surface area contributed by atoms with Crippen LogP contribution in [0.25, 0.3) is 27.8 Å².